The van der Waals surface area contributed by atoms with Crippen molar-refractivity contribution in [2.75, 3.05) is 39.3 Å². The Labute approximate surface area is 125 Å². The first-order valence-electron chi connectivity index (χ1n) is 7.82. The standard InChI is InChI=1S/C16H24N2OS/c19-15(16-4-2-12-20-16)3-1-7-17-8-10-18(11-9-17)13-14-5-6-14/h2,4,12,14H,1,3,5-11,13H2. The minimum atomic E-state index is 0.312. The molecule has 4 heteroatoms. The highest BCUT2D eigenvalue weighted by atomic mass is 32.1. The topological polar surface area (TPSA) is 23.6 Å². The van der Waals surface area contributed by atoms with Crippen molar-refractivity contribution in [3.8, 4) is 0 Å². The van der Waals surface area contributed by atoms with Crippen molar-refractivity contribution in [2.24, 2.45) is 5.92 Å². The number of carbonyl (C=O) groups excluding carboxylic acids is 1. The molecule has 2 heterocycles. The van der Waals surface area contributed by atoms with Gasteiger partial charge in [-0.1, -0.05) is 6.07 Å². The normalized spacial score (nSPS) is 21.2. The van der Waals surface area contributed by atoms with Crippen LogP contribution in [-0.4, -0.2) is 54.9 Å². The summed E-state index contributed by atoms with van der Waals surface area (Å²) in [5.41, 5.74) is 0. The quantitative estimate of drug-likeness (QED) is 0.722. The van der Waals surface area contributed by atoms with E-state index in [0.29, 0.717) is 12.2 Å². The number of Topliss-reactive ketones (excluding diaryl/α,β-unsaturated/α-hetero) is 1. The molecule has 1 saturated carbocycles. The zero-order valence-corrected chi connectivity index (χ0v) is 12.9. The van der Waals surface area contributed by atoms with Crippen LogP contribution in [-0.2, 0) is 0 Å². The van der Waals surface area contributed by atoms with Crippen molar-refractivity contribution < 1.29 is 4.79 Å². The zero-order chi connectivity index (χ0) is 13.8. The molecular formula is C16H24N2OS. The van der Waals surface area contributed by atoms with Crippen molar-refractivity contribution in [2.45, 2.75) is 25.7 Å². The third kappa shape index (κ3) is 4.14. The van der Waals surface area contributed by atoms with Crippen LogP contribution in [0.4, 0.5) is 0 Å². The summed E-state index contributed by atoms with van der Waals surface area (Å²) >= 11 is 1.56. The zero-order valence-electron chi connectivity index (χ0n) is 12.1. The summed E-state index contributed by atoms with van der Waals surface area (Å²) in [6.07, 6.45) is 4.60. The second kappa shape index (κ2) is 6.83. The number of hydrogen-bond donors (Lipinski definition) is 0. The molecule has 20 heavy (non-hydrogen) atoms. The first-order chi connectivity index (χ1) is 9.81. The Bertz CT molecular complexity index is 420. The second-order valence-corrected chi connectivity index (χ2v) is 7.04. The molecule has 2 fully saturated rings. The van der Waals surface area contributed by atoms with Crippen molar-refractivity contribution in [1.82, 2.24) is 9.80 Å². The third-order valence-corrected chi connectivity index (χ3v) is 5.26. The van der Waals surface area contributed by atoms with Crippen LogP contribution in [0.5, 0.6) is 0 Å². The van der Waals surface area contributed by atoms with Gasteiger partial charge in [0.15, 0.2) is 5.78 Å². The predicted octanol–water partition coefficient (Wildman–Crippen LogP) is 2.74. The van der Waals surface area contributed by atoms with Gasteiger partial charge in [-0.3, -0.25) is 4.79 Å². The van der Waals surface area contributed by atoms with Gasteiger partial charge in [0, 0.05) is 39.1 Å². The van der Waals surface area contributed by atoms with E-state index in [1.807, 2.05) is 17.5 Å². The Balaban J connectivity index is 1.30. The molecule has 3 rings (SSSR count). The van der Waals surface area contributed by atoms with Gasteiger partial charge >= 0.3 is 0 Å². The van der Waals surface area contributed by atoms with Gasteiger partial charge in [0.05, 0.1) is 4.88 Å². The molecule has 0 atom stereocenters. The highest BCUT2D eigenvalue weighted by Crippen LogP contribution is 2.29. The molecule has 0 bridgehead atoms. The van der Waals surface area contributed by atoms with Crippen molar-refractivity contribution in [3.05, 3.63) is 22.4 Å². The Morgan fingerprint density at radius 1 is 1.20 bits per heavy atom. The summed E-state index contributed by atoms with van der Waals surface area (Å²) in [5, 5.41) is 1.98. The minimum absolute atomic E-state index is 0.312. The average molecular weight is 292 g/mol. The van der Waals surface area contributed by atoms with Crippen LogP contribution in [0.1, 0.15) is 35.4 Å². The van der Waals surface area contributed by atoms with E-state index in [4.69, 9.17) is 0 Å². The predicted molar refractivity (Wildman–Crippen MR) is 83.5 cm³/mol. The van der Waals surface area contributed by atoms with E-state index in [9.17, 15) is 4.79 Å². The number of carbonyl (C=O) groups is 1. The lowest BCUT2D eigenvalue weighted by Crippen LogP contribution is -2.47. The highest BCUT2D eigenvalue weighted by molar-refractivity contribution is 7.12. The van der Waals surface area contributed by atoms with Crippen LogP contribution in [0.3, 0.4) is 0 Å². The summed E-state index contributed by atoms with van der Waals surface area (Å²) in [7, 11) is 0. The van der Waals surface area contributed by atoms with E-state index in [1.54, 1.807) is 11.3 Å². The smallest absolute Gasteiger partial charge is 0.172 e. The van der Waals surface area contributed by atoms with Gasteiger partial charge in [-0.05, 0) is 43.2 Å². The molecular weight excluding hydrogens is 268 g/mol. The largest absolute Gasteiger partial charge is 0.301 e. The lowest BCUT2D eigenvalue weighted by Gasteiger charge is -2.34. The molecule has 2 aliphatic rings. The summed E-state index contributed by atoms with van der Waals surface area (Å²) in [6, 6.07) is 3.89. The van der Waals surface area contributed by atoms with E-state index in [-0.39, 0.29) is 0 Å². The Morgan fingerprint density at radius 2 is 1.95 bits per heavy atom. The number of rotatable bonds is 7. The maximum absolute atomic E-state index is 11.9. The van der Waals surface area contributed by atoms with Crippen LogP contribution in [0, 0.1) is 5.92 Å². The minimum Gasteiger partial charge on any atom is -0.301 e. The van der Waals surface area contributed by atoms with Crippen LogP contribution >= 0.6 is 11.3 Å². The average Bonchev–Trinajstić information content (AvgIpc) is 3.10. The fraction of sp³-hybridized carbons (Fsp3) is 0.688. The number of hydrogen-bond acceptors (Lipinski definition) is 4. The summed E-state index contributed by atoms with van der Waals surface area (Å²) in [5.74, 6) is 1.32. The molecule has 1 aliphatic carbocycles. The highest BCUT2D eigenvalue weighted by Gasteiger charge is 2.26. The van der Waals surface area contributed by atoms with Gasteiger partial charge < -0.3 is 9.80 Å². The molecule has 1 saturated heterocycles. The van der Waals surface area contributed by atoms with Gasteiger partial charge in [-0.2, -0.15) is 0 Å². The number of nitrogens with zero attached hydrogens (tertiary/aromatic N) is 2. The van der Waals surface area contributed by atoms with Gasteiger partial charge in [0.1, 0.15) is 0 Å². The maximum Gasteiger partial charge on any atom is 0.172 e. The molecule has 0 amide bonds. The van der Waals surface area contributed by atoms with Gasteiger partial charge in [0.2, 0.25) is 0 Å². The van der Waals surface area contributed by atoms with Crippen LogP contribution < -0.4 is 0 Å². The van der Waals surface area contributed by atoms with Crippen LogP contribution in [0.2, 0.25) is 0 Å². The molecule has 0 spiro atoms. The molecule has 0 radical (unpaired) electrons. The van der Waals surface area contributed by atoms with Gasteiger partial charge in [-0.15, -0.1) is 11.3 Å². The summed E-state index contributed by atoms with van der Waals surface area (Å²) in [4.78, 5) is 18.0. The second-order valence-electron chi connectivity index (χ2n) is 6.09. The molecule has 110 valence electrons. The fourth-order valence-electron chi connectivity index (χ4n) is 2.88. The molecule has 0 aromatic carbocycles. The molecule has 1 aromatic rings. The first-order valence-corrected chi connectivity index (χ1v) is 8.70. The molecule has 1 aliphatic heterocycles. The Kier molecular flexibility index (Phi) is 4.86. The van der Waals surface area contributed by atoms with Crippen molar-refractivity contribution in [3.63, 3.8) is 0 Å². The van der Waals surface area contributed by atoms with E-state index in [2.05, 4.69) is 9.80 Å². The van der Waals surface area contributed by atoms with Crippen LogP contribution in [0.25, 0.3) is 0 Å². The van der Waals surface area contributed by atoms with Gasteiger partial charge in [0.25, 0.3) is 0 Å². The Morgan fingerprint density at radius 3 is 2.60 bits per heavy atom. The monoisotopic (exact) mass is 292 g/mol. The van der Waals surface area contributed by atoms with Crippen molar-refractivity contribution >= 4 is 17.1 Å². The molecule has 3 nitrogen and oxygen atoms in total. The van der Waals surface area contributed by atoms with E-state index in [1.165, 1.54) is 45.6 Å². The summed E-state index contributed by atoms with van der Waals surface area (Å²) < 4.78 is 0. The fourth-order valence-corrected chi connectivity index (χ4v) is 3.58. The van der Waals surface area contributed by atoms with Crippen molar-refractivity contribution in [1.29, 1.82) is 0 Å². The molecule has 1 aromatic heterocycles. The SMILES string of the molecule is O=C(CCCN1CCN(CC2CC2)CC1)c1cccs1. The van der Waals surface area contributed by atoms with E-state index >= 15 is 0 Å². The van der Waals surface area contributed by atoms with E-state index in [0.717, 1.165) is 23.8 Å². The lowest BCUT2D eigenvalue weighted by molar-refractivity contribution is 0.0964. The number of thiophene rings is 1. The maximum atomic E-state index is 11.9. The number of piperazine rings is 1. The number of ketones is 1. The summed E-state index contributed by atoms with van der Waals surface area (Å²) in [6.45, 7) is 7.20. The van der Waals surface area contributed by atoms with Crippen LogP contribution in [0.15, 0.2) is 17.5 Å². The third-order valence-electron chi connectivity index (χ3n) is 4.35. The van der Waals surface area contributed by atoms with Gasteiger partial charge in [-0.25, -0.2) is 0 Å². The molecule has 0 unspecified atom stereocenters. The first kappa shape index (κ1) is 14.2. The van der Waals surface area contributed by atoms with E-state index < -0.39 is 0 Å². The molecule has 0 N–H and O–H groups in total. The lowest BCUT2D eigenvalue weighted by atomic mass is 10.2. The Hall–Kier alpha value is -0.710.